The monoisotopic (exact) mass is 402 g/mol. The Morgan fingerprint density at radius 1 is 1.18 bits per heavy atom. The molecule has 1 aromatic carbocycles. The number of nitrogens with zero attached hydrogens (tertiary/aromatic N) is 3. The van der Waals surface area contributed by atoms with E-state index in [0.29, 0.717) is 29.5 Å². The van der Waals surface area contributed by atoms with Gasteiger partial charge in [-0.15, -0.1) is 0 Å². The third-order valence-electron chi connectivity index (χ3n) is 5.51. The van der Waals surface area contributed by atoms with E-state index in [1.54, 1.807) is 7.05 Å². The second-order valence-electron chi connectivity index (χ2n) is 7.72. The van der Waals surface area contributed by atoms with Crippen LogP contribution in [0.15, 0.2) is 38.4 Å². The van der Waals surface area contributed by atoms with Crippen molar-refractivity contribution in [2.45, 2.75) is 49.0 Å². The van der Waals surface area contributed by atoms with Crippen LogP contribution in [0.3, 0.4) is 0 Å². The van der Waals surface area contributed by atoms with Gasteiger partial charge in [0.15, 0.2) is 5.58 Å². The first-order valence-electron chi connectivity index (χ1n) is 9.59. The fourth-order valence-electron chi connectivity index (χ4n) is 3.56. The lowest BCUT2D eigenvalue weighted by atomic mass is 10.2. The van der Waals surface area contributed by atoms with Crippen LogP contribution in [0.25, 0.3) is 11.1 Å². The second-order valence-corrected chi connectivity index (χ2v) is 9.49. The molecular formula is C19H22N4O4S. The summed E-state index contributed by atoms with van der Waals surface area (Å²) < 4.78 is 36.3. The maximum absolute atomic E-state index is 12.7. The van der Waals surface area contributed by atoms with Gasteiger partial charge >= 0.3 is 5.76 Å². The number of sulfonamides is 1. The zero-order valence-electron chi connectivity index (χ0n) is 15.6. The molecule has 0 radical (unpaired) electrons. The van der Waals surface area contributed by atoms with Crippen LogP contribution in [0.4, 0.5) is 0 Å². The predicted molar refractivity (Wildman–Crippen MR) is 103 cm³/mol. The quantitative estimate of drug-likeness (QED) is 0.652. The molecule has 9 heteroatoms. The van der Waals surface area contributed by atoms with Crippen molar-refractivity contribution >= 4 is 21.1 Å². The minimum Gasteiger partial charge on any atom is -0.408 e. The second kappa shape index (κ2) is 6.31. The van der Waals surface area contributed by atoms with E-state index in [9.17, 15) is 13.2 Å². The number of aromatic nitrogens is 3. The number of nitrogens with one attached hydrogen (secondary N) is 1. The molecule has 5 rings (SSSR count). The lowest BCUT2D eigenvalue weighted by Gasteiger charge is -2.09. The number of fused-ring (bicyclic) bond motifs is 1. The van der Waals surface area contributed by atoms with Gasteiger partial charge in [0.25, 0.3) is 0 Å². The highest BCUT2D eigenvalue weighted by molar-refractivity contribution is 7.89. The van der Waals surface area contributed by atoms with Gasteiger partial charge < -0.3 is 4.42 Å². The summed E-state index contributed by atoms with van der Waals surface area (Å²) in [5.41, 5.74) is 3.20. The molecule has 148 valence electrons. The Kier molecular flexibility index (Phi) is 3.99. The van der Waals surface area contributed by atoms with Crippen molar-refractivity contribution in [1.82, 2.24) is 19.1 Å². The zero-order valence-corrected chi connectivity index (χ0v) is 16.4. The molecule has 2 fully saturated rings. The van der Waals surface area contributed by atoms with Crippen molar-refractivity contribution in [2.75, 3.05) is 6.54 Å². The van der Waals surface area contributed by atoms with E-state index in [4.69, 9.17) is 9.52 Å². The molecule has 0 aliphatic heterocycles. The Morgan fingerprint density at radius 2 is 1.93 bits per heavy atom. The third-order valence-corrected chi connectivity index (χ3v) is 6.97. The molecule has 0 unspecified atom stereocenters. The number of rotatable bonds is 7. The van der Waals surface area contributed by atoms with E-state index in [1.807, 2.05) is 4.68 Å². The standard InChI is InChI=1S/C19H22N4O4S/c1-22-17-10-14(6-7-18(17)27-19(22)24)28(25,26)20-8-9-23-16(13-4-5-13)11-15(21-23)12-2-3-12/h6-7,10-13,20H,2-5,8-9H2,1H3. The normalized spacial score (nSPS) is 17.5. The van der Waals surface area contributed by atoms with Gasteiger partial charge in [0.05, 0.1) is 22.7 Å². The number of hydrogen-bond donors (Lipinski definition) is 1. The Bertz CT molecular complexity index is 1210. The van der Waals surface area contributed by atoms with Gasteiger partial charge in [-0.2, -0.15) is 5.10 Å². The van der Waals surface area contributed by atoms with Crippen LogP contribution >= 0.6 is 0 Å². The molecule has 1 N–H and O–H groups in total. The van der Waals surface area contributed by atoms with Crippen LogP contribution < -0.4 is 10.5 Å². The first-order chi connectivity index (χ1) is 13.4. The van der Waals surface area contributed by atoms with Crippen molar-refractivity contribution in [1.29, 1.82) is 0 Å². The number of aryl methyl sites for hydroxylation is 1. The molecular weight excluding hydrogens is 380 g/mol. The summed E-state index contributed by atoms with van der Waals surface area (Å²) in [5, 5.41) is 4.71. The molecule has 8 nitrogen and oxygen atoms in total. The molecule has 0 atom stereocenters. The summed E-state index contributed by atoms with van der Waals surface area (Å²) in [6.45, 7) is 0.764. The van der Waals surface area contributed by atoms with Gasteiger partial charge in [-0.1, -0.05) is 0 Å². The first kappa shape index (κ1) is 17.7. The van der Waals surface area contributed by atoms with Crippen LogP contribution in [-0.4, -0.2) is 29.3 Å². The molecule has 28 heavy (non-hydrogen) atoms. The summed E-state index contributed by atoms with van der Waals surface area (Å²) in [7, 11) is -2.14. The first-order valence-corrected chi connectivity index (χ1v) is 11.1. The third kappa shape index (κ3) is 3.18. The topological polar surface area (TPSA) is 99.1 Å². The van der Waals surface area contributed by atoms with Crippen molar-refractivity contribution < 1.29 is 12.8 Å². The highest BCUT2D eigenvalue weighted by atomic mass is 32.2. The molecule has 2 heterocycles. The Morgan fingerprint density at radius 3 is 2.64 bits per heavy atom. The van der Waals surface area contributed by atoms with E-state index >= 15 is 0 Å². The minimum absolute atomic E-state index is 0.109. The maximum atomic E-state index is 12.7. The summed E-state index contributed by atoms with van der Waals surface area (Å²) in [4.78, 5) is 11.7. The van der Waals surface area contributed by atoms with Crippen LogP contribution in [0.5, 0.6) is 0 Å². The van der Waals surface area contributed by atoms with E-state index < -0.39 is 15.8 Å². The summed E-state index contributed by atoms with van der Waals surface area (Å²) in [6.07, 6.45) is 4.77. The minimum atomic E-state index is -3.69. The highest BCUT2D eigenvalue weighted by Gasteiger charge is 2.32. The fraction of sp³-hybridized carbons (Fsp3) is 0.474. The molecule has 2 aliphatic rings. The molecule has 0 spiro atoms. The van der Waals surface area contributed by atoms with Crippen molar-refractivity contribution in [3.05, 3.63) is 46.2 Å². The maximum Gasteiger partial charge on any atom is 0.419 e. The fourth-order valence-corrected chi connectivity index (χ4v) is 4.60. The summed E-state index contributed by atoms with van der Waals surface area (Å²) >= 11 is 0. The smallest absolute Gasteiger partial charge is 0.408 e. The van der Waals surface area contributed by atoms with E-state index in [-0.39, 0.29) is 11.4 Å². The van der Waals surface area contributed by atoms with Gasteiger partial charge in [-0.3, -0.25) is 9.25 Å². The Balaban J connectivity index is 1.32. The SMILES string of the molecule is Cn1c(=O)oc2ccc(S(=O)(=O)NCCn3nc(C4CC4)cc3C3CC3)cc21. The molecule has 3 aromatic rings. The lowest BCUT2D eigenvalue weighted by Crippen LogP contribution is -2.28. The molecule has 0 amide bonds. The molecule has 2 aromatic heterocycles. The average Bonchev–Trinajstić information content (AvgIpc) is 3.59. The predicted octanol–water partition coefficient (Wildman–Crippen LogP) is 2.06. The van der Waals surface area contributed by atoms with Crippen LogP contribution in [0, 0.1) is 0 Å². The summed E-state index contributed by atoms with van der Waals surface area (Å²) in [5.74, 6) is 0.639. The number of oxazole rings is 1. The molecule has 0 bridgehead atoms. The Hall–Kier alpha value is -2.39. The molecule has 0 saturated heterocycles. The largest absolute Gasteiger partial charge is 0.419 e. The molecule has 2 aliphatic carbocycles. The van der Waals surface area contributed by atoms with Crippen LogP contribution in [0.1, 0.15) is 48.9 Å². The van der Waals surface area contributed by atoms with Crippen LogP contribution in [0.2, 0.25) is 0 Å². The number of benzene rings is 1. The molecule has 2 saturated carbocycles. The lowest BCUT2D eigenvalue weighted by molar-refractivity contribution is 0.528. The van der Waals surface area contributed by atoms with Crippen molar-refractivity contribution in [3.8, 4) is 0 Å². The summed E-state index contributed by atoms with van der Waals surface area (Å²) in [6, 6.07) is 6.61. The van der Waals surface area contributed by atoms with E-state index in [0.717, 1.165) is 5.69 Å². The van der Waals surface area contributed by atoms with Crippen molar-refractivity contribution in [3.63, 3.8) is 0 Å². The van der Waals surface area contributed by atoms with Gasteiger partial charge in [-0.25, -0.2) is 17.9 Å². The van der Waals surface area contributed by atoms with E-state index in [2.05, 4.69) is 10.8 Å². The highest BCUT2D eigenvalue weighted by Crippen LogP contribution is 2.44. The van der Waals surface area contributed by atoms with Crippen molar-refractivity contribution in [2.24, 2.45) is 7.05 Å². The van der Waals surface area contributed by atoms with Gasteiger partial charge in [0.1, 0.15) is 0 Å². The van der Waals surface area contributed by atoms with Gasteiger partial charge in [0, 0.05) is 31.1 Å². The van der Waals surface area contributed by atoms with Crippen LogP contribution in [-0.2, 0) is 23.6 Å². The number of hydrogen-bond acceptors (Lipinski definition) is 5. The van der Waals surface area contributed by atoms with Gasteiger partial charge in [0.2, 0.25) is 10.0 Å². The Labute approximate surface area is 162 Å². The van der Waals surface area contributed by atoms with E-state index in [1.165, 1.54) is 54.1 Å². The average molecular weight is 402 g/mol. The van der Waals surface area contributed by atoms with Gasteiger partial charge in [-0.05, 0) is 49.9 Å². The zero-order chi connectivity index (χ0) is 19.5.